The molecule has 1 unspecified atom stereocenters. The van der Waals surface area contributed by atoms with Crippen molar-refractivity contribution in [2.45, 2.75) is 13.0 Å². The van der Waals surface area contributed by atoms with E-state index in [4.69, 9.17) is 23.9 Å². The van der Waals surface area contributed by atoms with E-state index < -0.39 is 0 Å². The summed E-state index contributed by atoms with van der Waals surface area (Å²) in [7, 11) is 0. The topological polar surface area (TPSA) is 38.0 Å². The standard InChI is InChI=1S/C10H11ClN2/c1-3-10(13-12)8-4-7(2)5-9(11)6-8/h1,4-6,10,13H,12H2,2H3. The van der Waals surface area contributed by atoms with Gasteiger partial charge in [-0.25, -0.2) is 5.43 Å². The van der Waals surface area contributed by atoms with Crippen molar-refractivity contribution in [3.63, 3.8) is 0 Å². The summed E-state index contributed by atoms with van der Waals surface area (Å²) in [5.74, 6) is 7.81. The predicted molar refractivity (Wildman–Crippen MR) is 55.1 cm³/mol. The molecule has 0 amide bonds. The van der Waals surface area contributed by atoms with Crippen LogP contribution in [0.5, 0.6) is 0 Å². The van der Waals surface area contributed by atoms with Crippen molar-refractivity contribution in [1.29, 1.82) is 0 Å². The Morgan fingerprint density at radius 3 is 2.69 bits per heavy atom. The first kappa shape index (κ1) is 10.1. The smallest absolute Gasteiger partial charge is 0.107 e. The maximum atomic E-state index is 5.87. The maximum absolute atomic E-state index is 5.87. The Morgan fingerprint density at radius 1 is 1.54 bits per heavy atom. The minimum absolute atomic E-state index is 0.280. The first-order valence-electron chi connectivity index (χ1n) is 3.86. The number of halogens is 1. The van der Waals surface area contributed by atoms with Crippen LogP contribution in [0.2, 0.25) is 5.02 Å². The Morgan fingerprint density at radius 2 is 2.23 bits per heavy atom. The molecule has 1 atom stereocenters. The summed E-state index contributed by atoms with van der Waals surface area (Å²) < 4.78 is 0. The van der Waals surface area contributed by atoms with Gasteiger partial charge < -0.3 is 0 Å². The molecule has 0 spiro atoms. The van der Waals surface area contributed by atoms with Crippen LogP contribution in [0.1, 0.15) is 17.2 Å². The molecule has 0 aliphatic heterocycles. The molecule has 0 aliphatic rings. The first-order chi connectivity index (χ1) is 6.17. The van der Waals surface area contributed by atoms with Crippen molar-refractivity contribution in [3.05, 3.63) is 34.3 Å². The SMILES string of the molecule is C#CC(NN)c1cc(C)cc(Cl)c1. The summed E-state index contributed by atoms with van der Waals surface area (Å²) in [6, 6.07) is 5.35. The molecule has 0 aliphatic carbocycles. The summed E-state index contributed by atoms with van der Waals surface area (Å²) in [5.41, 5.74) is 4.51. The van der Waals surface area contributed by atoms with Crippen molar-refractivity contribution in [2.24, 2.45) is 5.84 Å². The molecule has 3 heteroatoms. The van der Waals surface area contributed by atoms with Gasteiger partial charge >= 0.3 is 0 Å². The first-order valence-corrected chi connectivity index (χ1v) is 4.24. The number of hydrogen-bond donors (Lipinski definition) is 2. The monoisotopic (exact) mass is 194 g/mol. The Balaban J connectivity index is 3.08. The van der Waals surface area contributed by atoms with Crippen LogP contribution in [0, 0.1) is 19.3 Å². The van der Waals surface area contributed by atoms with Crippen molar-refractivity contribution in [1.82, 2.24) is 5.43 Å². The second kappa shape index (κ2) is 4.29. The zero-order chi connectivity index (χ0) is 9.84. The molecule has 3 N–H and O–H groups in total. The van der Waals surface area contributed by atoms with Gasteiger partial charge in [-0.3, -0.25) is 5.84 Å². The lowest BCUT2D eigenvalue weighted by atomic mass is 10.1. The molecule has 0 saturated carbocycles. The molecule has 1 aromatic carbocycles. The van der Waals surface area contributed by atoms with Gasteiger partial charge in [-0.05, 0) is 30.2 Å². The largest absolute Gasteiger partial charge is 0.270 e. The van der Waals surface area contributed by atoms with E-state index in [1.54, 1.807) is 6.07 Å². The molecule has 0 bridgehead atoms. The van der Waals surface area contributed by atoms with Gasteiger partial charge in [-0.15, -0.1) is 6.42 Å². The lowest BCUT2D eigenvalue weighted by molar-refractivity contribution is 0.673. The molecule has 0 fully saturated rings. The van der Waals surface area contributed by atoms with Gasteiger partial charge in [-0.2, -0.15) is 0 Å². The number of nitrogens with two attached hydrogens (primary N) is 1. The summed E-state index contributed by atoms with van der Waals surface area (Å²) in [4.78, 5) is 0. The molecule has 0 saturated heterocycles. The van der Waals surface area contributed by atoms with Gasteiger partial charge in [0.05, 0.1) is 0 Å². The van der Waals surface area contributed by atoms with E-state index in [-0.39, 0.29) is 6.04 Å². The second-order valence-electron chi connectivity index (χ2n) is 2.83. The fraction of sp³-hybridized carbons (Fsp3) is 0.200. The average molecular weight is 195 g/mol. The zero-order valence-electron chi connectivity index (χ0n) is 7.34. The molecule has 0 heterocycles. The Labute approximate surface area is 83.1 Å². The van der Waals surface area contributed by atoms with Crippen LogP contribution in [0.15, 0.2) is 18.2 Å². The predicted octanol–water partition coefficient (Wildman–Crippen LogP) is 1.79. The van der Waals surface area contributed by atoms with Crippen molar-refractivity contribution in [3.8, 4) is 12.3 Å². The molecule has 2 nitrogen and oxygen atoms in total. The Kier molecular flexibility index (Phi) is 3.32. The normalized spacial score (nSPS) is 12.2. The summed E-state index contributed by atoms with van der Waals surface area (Å²) in [6.45, 7) is 1.96. The van der Waals surface area contributed by atoms with Crippen LogP contribution >= 0.6 is 11.6 Å². The van der Waals surface area contributed by atoms with E-state index in [1.165, 1.54) is 0 Å². The highest BCUT2D eigenvalue weighted by atomic mass is 35.5. The number of hydrogen-bond acceptors (Lipinski definition) is 2. The minimum Gasteiger partial charge on any atom is -0.270 e. The van der Waals surface area contributed by atoms with Gasteiger partial charge in [0.15, 0.2) is 0 Å². The Hall–Kier alpha value is -1.01. The molecular weight excluding hydrogens is 184 g/mol. The molecule has 0 radical (unpaired) electrons. The molecule has 68 valence electrons. The lowest BCUT2D eigenvalue weighted by Gasteiger charge is -2.10. The number of rotatable bonds is 2. The van der Waals surface area contributed by atoms with E-state index in [1.807, 2.05) is 19.1 Å². The number of benzene rings is 1. The van der Waals surface area contributed by atoms with E-state index in [0.717, 1.165) is 11.1 Å². The third kappa shape index (κ3) is 2.46. The van der Waals surface area contributed by atoms with E-state index >= 15 is 0 Å². The van der Waals surface area contributed by atoms with E-state index in [0.29, 0.717) is 5.02 Å². The third-order valence-corrected chi connectivity index (χ3v) is 1.95. The Bertz CT molecular complexity index is 321. The minimum atomic E-state index is -0.280. The van der Waals surface area contributed by atoms with Gasteiger partial charge in [0, 0.05) is 5.02 Å². The van der Waals surface area contributed by atoms with Crippen molar-refractivity contribution < 1.29 is 0 Å². The fourth-order valence-corrected chi connectivity index (χ4v) is 1.47. The number of aryl methyl sites for hydroxylation is 1. The van der Waals surface area contributed by atoms with Gasteiger partial charge in [0.25, 0.3) is 0 Å². The number of hydrazine groups is 1. The molecule has 13 heavy (non-hydrogen) atoms. The van der Waals surface area contributed by atoms with Gasteiger partial charge in [0.1, 0.15) is 6.04 Å². The summed E-state index contributed by atoms with van der Waals surface area (Å²) in [6.07, 6.45) is 5.28. The molecule has 0 aromatic heterocycles. The van der Waals surface area contributed by atoms with Crippen LogP contribution in [0.3, 0.4) is 0 Å². The number of terminal acetylenes is 1. The zero-order valence-corrected chi connectivity index (χ0v) is 8.10. The fourth-order valence-electron chi connectivity index (χ4n) is 1.17. The highest BCUT2D eigenvalue weighted by Crippen LogP contribution is 2.19. The second-order valence-corrected chi connectivity index (χ2v) is 3.26. The summed E-state index contributed by atoms with van der Waals surface area (Å²) >= 11 is 5.87. The quantitative estimate of drug-likeness (QED) is 0.428. The van der Waals surface area contributed by atoms with Crippen LogP contribution in [0.25, 0.3) is 0 Å². The van der Waals surface area contributed by atoms with E-state index in [2.05, 4.69) is 11.3 Å². The van der Waals surface area contributed by atoms with Crippen molar-refractivity contribution in [2.75, 3.05) is 0 Å². The third-order valence-electron chi connectivity index (χ3n) is 1.73. The number of nitrogens with one attached hydrogen (secondary N) is 1. The highest BCUT2D eigenvalue weighted by Gasteiger charge is 2.06. The highest BCUT2D eigenvalue weighted by molar-refractivity contribution is 6.30. The van der Waals surface area contributed by atoms with Gasteiger partial charge in [0.2, 0.25) is 0 Å². The van der Waals surface area contributed by atoms with Gasteiger partial charge in [-0.1, -0.05) is 23.6 Å². The molecular formula is C10H11ClN2. The average Bonchev–Trinajstić information content (AvgIpc) is 2.04. The summed E-state index contributed by atoms with van der Waals surface area (Å²) in [5, 5.41) is 0.672. The van der Waals surface area contributed by atoms with Crippen molar-refractivity contribution >= 4 is 11.6 Å². The van der Waals surface area contributed by atoms with Crippen LogP contribution in [-0.2, 0) is 0 Å². The lowest BCUT2D eigenvalue weighted by Crippen LogP contribution is -2.26. The maximum Gasteiger partial charge on any atom is 0.107 e. The van der Waals surface area contributed by atoms with Crippen LogP contribution in [0.4, 0.5) is 0 Å². The molecule has 1 aromatic rings. The molecule has 1 rings (SSSR count). The van der Waals surface area contributed by atoms with Crippen LogP contribution in [-0.4, -0.2) is 0 Å². The van der Waals surface area contributed by atoms with Crippen LogP contribution < -0.4 is 11.3 Å². The van der Waals surface area contributed by atoms with E-state index in [9.17, 15) is 0 Å².